The lowest BCUT2D eigenvalue weighted by molar-refractivity contribution is 0.456. The second-order valence-corrected chi connectivity index (χ2v) is 5.64. The van der Waals surface area contributed by atoms with Gasteiger partial charge in [-0.1, -0.05) is 70.6 Å². The number of aryl methyl sites for hydroxylation is 1. The maximum atomic E-state index is 14.2. The minimum atomic E-state index is -0.0376. The Hall–Kier alpha value is -0.890. The van der Waals surface area contributed by atoms with Crippen molar-refractivity contribution in [2.24, 2.45) is 0 Å². The summed E-state index contributed by atoms with van der Waals surface area (Å²) in [6.45, 7) is 7.05. The molecule has 114 valence electrons. The molecule has 0 amide bonds. The zero-order valence-electron chi connectivity index (χ0n) is 13.3. The van der Waals surface area contributed by atoms with Crippen LogP contribution in [0.2, 0.25) is 0 Å². The van der Waals surface area contributed by atoms with Crippen LogP contribution in [0.25, 0.3) is 0 Å². The van der Waals surface area contributed by atoms with Gasteiger partial charge in [-0.2, -0.15) is 0 Å². The third-order valence-corrected chi connectivity index (χ3v) is 3.89. The first-order valence-corrected chi connectivity index (χ1v) is 8.19. The monoisotopic (exact) mass is 279 g/mol. The number of rotatable bonds is 10. The van der Waals surface area contributed by atoms with Gasteiger partial charge < -0.3 is 5.32 Å². The molecule has 0 radical (unpaired) electrons. The van der Waals surface area contributed by atoms with Crippen LogP contribution in [0.1, 0.15) is 76.0 Å². The Bertz CT molecular complexity index is 376. The van der Waals surface area contributed by atoms with Crippen molar-refractivity contribution >= 4 is 0 Å². The zero-order valence-corrected chi connectivity index (χ0v) is 13.3. The van der Waals surface area contributed by atoms with Gasteiger partial charge in [-0.05, 0) is 25.5 Å². The number of halogens is 1. The molecule has 0 aromatic heterocycles. The molecular weight excluding hydrogens is 249 g/mol. The molecule has 0 bridgehead atoms. The number of benzene rings is 1. The first-order chi connectivity index (χ1) is 9.70. The number of nitrogens with one attached hydrogen (secondary N) is 1. The number of hydrogen-bond acceptors (Lipinski definition) is 1. The summed E-state index contributed by atoms with van der Waals surface area (Å²) in [5.74, 6) is -0.0376. The Labute approximate surface area is 124 Å². The fourth-order valence-electron chi connectivity index (χ4n) is 2.68. The largest absolute Gasteiger partial charge is 0.310 e. The highest BCUT2D eigenvalue weighted by atomic mass is 19.1. The zero-order chi connectivity index (χ0) is 14.8. The molecule has 1 nitrogen and oxygen atoms in total. The quantitative estimate of drug-likeness (QED) is 0.555. The molecule has 0 fully saturated rings. The normalized spacial score (nSPS) is 12.6. The van der Waals surface area contributed by atoms with E-state index in [1.165, 1.54) is 38.5 Å². The highest BCUT2D eigenvalue weighted by Crippen LogP contribution is 2.24. The molecule has 0 saturated heterocycles. The molecule has 0 aliphatic heterocycles. The molecule has 2 heteroatoms. The molecule has 1 atom stereocenters. The predicted octanol–water partition coefficient (Wildman–Crippen LogP) is 5.54. The van der Waals surface area contributed by atoms with Crippen LogP contribution >= 0.6 is 0 Å². The lowest BCUT2D eigenvalue weighted by Gasteiger charge is -2.19. The molecule has 20 heavy (non-hydrogen) atoms. The van der Waals surface area contributed by atoms with Crippen molar-refractivity contribution in [2.75, 3.05) is 6.54 Å². The number of unbranched alkanes of at least 4 members (excludes halogenated alkanes) is 5. The molecule has 1 N–H and O–H groups in total. The van der Waals surface area contributed by atoms with Crippen molar-refractivity contribution in [1.29, 1.82) is 0 Å². The summed E-state index contributed by atoms with van der Waals surface area (Å²) < 4.78 is 14.2. The maximum Gasteiger partial charge on any atom is 0.130 e. The third-order valence-electron chi connectivity index (χ3n) is 3.89. The van der Waals surface area contributed by atoms with Crippen LogP contribution in [0, 0.1) is 12.7 Å². The van der Waals surface area contributed by atoms with Crippen molar-refractivity contribution in [2.45, 2.75) is 71.8 Å². The van der Waals surface area contributed by atoms with Crippen LogP contribution in [0.15, 0.2) is 18.2 Å². The summed E-state index contributed by atoms with van der Waals surface area (Å²) in [7, 11) is 0. The topological polar surface area (TPSA) is 12.0 Å². The van der Waals surface area contributed by atoms with Crippen LogP contribution in [-0.2, 0) is 0 Å². The Morgan fingerprint density at radius 3 is 2.45 bits per heavy atom. The molecule has 0 heterocycles. The Morgan fingerprint density at radius 1 is 1.05 bits per heavy atom. The summed E-state index contributed by atoms with van der Waals surface area (Å²) in [5, 5.41) is 3.43. The Morgan fingerprint density at radius 2 is 1.75 bits per heavy atom. The molecular formula is C18H30FN. The van der Waals surface area contributed by atoms with Crippen molar-refractivity contribution in [1.82, 2.24) is 5.32 Å². The van der Waals surface area contributed by atoms with Crippen molar-refractivity contribution in [3.8, 4) is 0 Å². The molecule has 1 rings (SSSR count). The van der Waals surface area contributed by atoms with E-state index < -0.39 is 0 Å². The van der Waals surface area contributed by atoms with Gasteiger partial charge in [-0.3, -0.25) is 0 Å². The average molecular weight is 279 g/mol. The minimum Gasteiger partial charge on any atom is -0.310 e. The van der Waals surface area contributed by atoms with E-state index in [2.05, 4.69) is 19.2 Å². The molecule has 0 spiro atoms. The SMILES string of the molecule is CCCCCCCCC(NCC)c1cccc(C)c1F. The molecule has 0 saturated carbocycles. The highest BCUT2D eigenvalue weighted by Gasteiger charge is 2.15. The van der Waals surface area contributed by atoms with Gasteiger partial charge in [-0.25, -0.2) is 4.39 Å². The molecule has 1 aromatic carbocycles. The van der Waals surface area contributed by atoms with E-state index in [0.717, 1.165) is 24.1 Å². The van der Waals surface area contributed by atoms with E-state index in [1.54, 1.807) is 0 Å². The standard InChI is InChI=1S/C18H30FN/c1-4-6-7-8-9-10-14-17(20-5-2)16-13-11-12-15(3)18(16)19/h11-13,17,20H,4-10,14H2,1-3H3. The fourth-order valence-corrected chi connectivity index (χ4v) is 2.68. The van der Waals surface area contributed by atoms with Crippen LogP contribution in [0.5, 0.6) is 0 Å². The van der Waals surface area contributed by atoms with E-state index in [1.807, 2.05) is 25.1 Å². The van der Waals surface area contributed by atoms with Crippen LogP contribution in [0.3, 0.4) is 0 Å². The van der Waals surface area contributed by atoms with Crippen molar-refractivity contribution in [3.63, 3.8) is 0 Å². The van der Waals surface area contributed by atoms with Gasteiger partial charge in [0.15, 0.2) is 0 Å². The summed E-state index contributed by atoms with van der Waals surface area (Å²) >= 11 is 0. The molecule has 0 aliphatic rings. The van der Waals surface area contributed by atoms with E-state index >= 15 is 0 Å². The van der Waals surface area contributed by atoms with E-state index in [-0.39, 0.29) is 11.9 Å². The van der Waals surface area contributed by atoms with Gasteiger partial charge in [0.2, 0.25) is 0 Å². The fraction of sp³-hybridized carbons (Fsp3) is 0.667. The van der Waals surface area contributed by atoms with E-state index in [9.17, 15) is 4.39 Å². The van der Waals surface area contributed by atoms with Crippen molar-refractivity contribution in [3.05, 3.63) is 35.1 Å². The van der Waals surface area contributed by atoms with Gasteiger partial charge in [0, 0.05) is 11.6 Å². The number of hydrogen-bond donors (Lipinski definition) is 1. The Kier molecular flexibility index (Phi) is 8.52. The first kappa shape index (κ1) is 17.2. The maximum absolute atomic E-state index is 14.2. The molecule has 1 aromatic rings. The van der Waals surface area contributed by atoms with Gasteiger partial charge in [0.25, 0.3) is 0 Å². The lowest BCUT2D eigenvalue weighted by atomic mass is 9.97. The predicted molar refractivity (Wildman–Crippen MR) is 85.5 cm³/mol. The van der Waals surface area contributed by atoms with Gasteiger partial charge in [0.1, 0.15) is 5.82 Å². The summed E-state index contributed by atoms with van der Waals surface area (Å²) in [4.78, 5) is 0. The smallest absolute Gasteiger partial charge is 0.130 e. The highest BCUT2D eigenvalue weighted by molar-refractivity contribution is 5.27. The van der Waals surface area contributed by atoms with Crippen LogP contribution in [0.4, 0.5) is 4.39 Å². The molecule has 0 aliphatic carbocycles. The minimum absolute atomic E-state index is 0.0376. The first-order valence-electron chi connectivity index (χ1n) is 8.19. The van der Waals surface area contributed by atoms with Crippen LogP contribution in [-0.4, -0.2) is 6.54 Å². The third kappa shape index (κ3) is 5.62. The lowest BCUT2D eigenvalue weighted by Crippen LogP contribution is -2.22. The van der Waals surface area contributed by atoms with E-state index in [4.69, 9.17) is 0 Å². The average Bonchev–Trinajstić information content (AvgIpc) is 2.45. The molecule has 1 unspecified atom stereocenters. The second kappa shape index (κ2) is 9.93. The van der Waals surface area contributed by atoms with Gasteiger partial charge in [0.05, 0.1) is 0 Å². The summed E-state index contributed by atoms with van der Waals surface area (Å²) in [6.07, 6.45) is 8.73. The van der Waals surface area contributed by atoms with Crippen molar-refractivity contribution < 1.29 is 4.39 Å². The van der Waals surface area contributed by atoms with E-state index in [0.29, 0.717) is 0 Å². The second-order valence-electron chi connectivity index (χ2n) is 5.64. The Balaban J connectivity index is 2.49. The summed E-state index contributed by atoms with van der Waals surface area (Å²) in [6, 6.07) is 5.88. The van der Waals surface area contributed by atoms with Gasteiger partial charge >= 0.3 is 0 Å². The van der Waals surface area contributed by atoms with Gasteiger partial charge in [-0.15, -0.1) is 0 Å². The summed E-state index contributed by atoms with van der Waals surface area (Å²) in [5.41, 5.74) is 1.58. The van der Waals surface area contributed by atoms with Crippen LogP contribution < -0.4 is 5.32 Å².